The third kappa shape index (κ3) is 5.22. The van der Waals surface area contributed by atoms with Gasteiger partial charge in [-0.25, -0.2) is 4.72 Å². The van der Waals surface area contributed by atoms with E-state index in [9.17, 15) is 8.42 Å². The lowest BCUT2D eigenvalue weighted by molar-refractivity contribution is 0.261. The van der Waals surface area contributed by atoms with Crippen LogP contribution in [0.4, 0.5) is 0 Å². The molecule has 0 aromatic heterocycles. The Bertz CT molecular complexity index is 317. The fourth-order valence-electron chi connectivity index (χ4n) is 2.37. The van der Waals surface area contributed by atoms with Gasteiger partial charge in [0.25, 0.3) is 10.2 Å². The molecular weight excluding hydrogens is 250 g/mol. The van der Waals surface area contributed by atoms with Crippen LogP contribution in [-0.4, -0.2) is 45.9 Å². The van der Waals surface area contributed by atoms with Gasteiger partial charge in [0.2, 0.25) is 0 Å². The van der Waals surface area contributed by atoms with Crippen LogP contribution in [0.25, 0.3) is 0 Å². The number of hydrogen-bond donors (Lipinski definition) is 2. The van der Waals surface area contributed by atoms with Crippen LogP contribution in [0.1, 0.15) is 39.0 Å². The maximum Gasteiger partial charge on any atom is 0.279 e. The zero-order chi connectivity index (χ0) is 13.4. The van der Waals surface area contributed by atoms with Gasteiger partial charge in [0.1, 0.15) is 0 Å². The van der Waals surface area contributed by atoms with Gasteiger partial charge in [0.05, 0.1) is 0 Å². The number of unbranched alkanes of at least 4 members (excludes halogenated alkanes) is 2. The molecule has 108 valence electrons. The second kappa shape index (κ2) is 8.09. The summed E-state index contributed by atoms with van der Waals surface area (Å²) in [5.74, 6) is 0.441. The highest BCUT2D eigenvalue weighted by Gasteiger charge is 2.27. The van der Waals surface area contributed by atoms with E-state index in [1.807, 2.05) is 7.05 Å². The Labute approximate surface area is 112 Å². The quantitative estimate of drug-likeness (QED) is 0.649. The molecule has 0 amide bonds. The van der Waals surface area contributed by atoms with Gasteiger partial charge in [-0.05, 0) is 38.8 Å². The van der Waals surface area contributed by atoms with Crippen LogP contribution in [0.3, 0.4) is 0 Å². The average molecular weight is 277 g/mol. The molecule has 0 spiro atoms. The summed E-state index contributed by atoms with van der Waals surface area (Å²) in [6.45, 7) is 4.86. The maximum absolute atomic E-state index is 12.1. The third-order valence-corrected chi connectivity index (χ3v) is 4.96. The average Bonchev–Trinajstić information content (AvgIpc) is 2.36. The Morgan fingerprint density at radius 2 is 2.11 bits per heavy atom. The summed E-state index contributed by atoms with van der Waals surface area (Å²) in [5.41, 5.74) is 0. The van der Waals surface area contributed by atoms with Crippen molar-refractivity contribution in [2.24, 2.45) is 5.92 Å². The van der Waals surface area contributed by atoms with Crippen molar-refractivity contribution >= 4 is 10.2 Å². The predicted molar refractivity (Wildman–Crippen MR) is 74.7 cm³/mol. The molecule has 5 nitrogen and oxygen atoms in total. The number of piperidine rings is 1. The Morgan fingerprint density at radius 1 is 1.33 bits per heavy atom. The van der Waals surface area contributed by atoms with Gasteiger partial charge in [-0.2, -0.15) is 12.7 Å². The number of nitrogens with zero attached hydrogens (tertiary/aromatic N) is 1. The van der Waals surface area contributed by atoms with E-state index in [1.54, 1.807) is 4.31 Å². The van der Waals surface area contributed by atoms with Crippen molar-refractivity contribution in [3.05, 3.63) is 0 Å². The zero-order valence-electron chi connectivity index (χ0n) is 11.6. The van der Waals surface area contributed by atoms with E-state index >= 15 is 0 Å². The Morgan fingerprint density at radius 3 is 2.78 bits per heavy atom. The summed E-state index contributed by atoms with van der Waals surface area (Å²) < 4.78 is 28.5. The highest BCUT2D eigenvalue weighted by Crippen LogP contribution is 2.17. The van der Waals surface area contributed by atoms with E-state index in [-0.39, 0.29) is 0 Å². The minimum atomic E-state index is -3.26. The van der Waals surface area contributed by atoms with Crippen LogP contribution in [0.15, 0.2) is 0 Å². The lowest BCUT2D eigenvalue weighted by atomic mass is 10.00. The Balaban J connectivity index is 2.40. The maximum atomic E-state index is 12.1. The topological polar surface area (TPSA) is 61.4 Å². The Hall–Kier alpha value is -0.170. The largest absolute Gasteiger partial charge is 0.319 e. The van der Waals surface area contributed by atoms with Gasteiger partial charge in [0.15, 0.2) is 0 Å². The smallest absolute Gasteiger partial charge is 0.279 e. The van der Waals surface area contributed by atoms with Gasteiger partial charge in [-0.1, -0.05) is 19.8 Å². The molecule has 1 unspecified atom stereocenters. The van der Waals surface area contributed by atoms with Crippen LogP contribution < -0.4 is 10.0 Å². The van der Waals surface area contributed by atoms with Crippen LogP contribution in [0.2, 0.25) is 0 Å². The summed E-state index contributed by atoms with van der Waals surface area (Å²) >= 11 is 0. The molecule has 0 aromatic rings. The first-order valence-corrected chi connectivity index (χ1v) is 8.43. The Kier molecular flexibility index (Phi) is 7.14. The molecule has 18 heavy (non-hydrogen) atoms. The first-order chi connectivity index (χ1) is 8.60. The fourth-order valence-corrected chi connectivity index (χ4v) is 3.73. The molecule has 1 heterocycles. The highest BCUT2D eigenvalue weighted by atomic mass is 32.2. The van der Waals surface area contributed by atoms with E-state index in [2.05, 4.69) is 17.0 Å². The number of nitrogens with one attached hydrogen (secondary N) is 2. The molecule has 1 atom stereocenters. The van der Waals surface area contributed by atoms with E-state index in [4.69, 9.17) is 0 Å². The summed E-state index contributed by atoms with van der Waals surface area (Å²) in [4.78, 5) is 0. The molecule has 2 N–H and O–H groups in total. The highest BCUT2D eigenvalue weighted by molar-refractivity contribution is 7.87. The molecule has 1 aliphatic rings. The number of hydrogen-bond acceptors (Lipinski definition) is 3. The SMILES string of the molecule is CCCCCNS(=O)(=O)N1CCCC(CNC)C1. The summed E-state index contributed by atoms with van der Waals surface area (Å²) in [5, 5.41) is 3.13. The van der Waals surface area contributed by atoms with Gasteiger partial charge < -0.3 is 5.32 Å². The minimum Gasteiger partial charge on any atom is -0.319 e. The normalized spacial score (nSPS) is 22.2. The molecule has 0 aromatic carbocycles. The second-order valence-electron chi connectivity index (χ2n) is 5.03. The van der Waals surface area contributed by atoms with Crippen LogP contribution in [-0.2, 0) is 10.2 Å². The van der Waals surface area contributed by atoms with Gasteiger partial charge in [0, 0.05) is 19.6 Å². The molecule has 1 fully saturated rings. The first-order valence-electron chi connectivity index (χ1n) is 6.99. The van der Waals surface area contributed by atoms with Gasteiger partial charge in [-0.15, -0.1) is 0 Å². The van der Waals surface area contributed by atoms with Crippen molar-refractivity contribution in [3.8, 4) is 0 Å². The molecular formula is C12H27N3O2S. The van der Waals surface area contributed by atoms with Gasteiger partial charge in [-0.3, -0.25) is 0 Å². The molecule has 1 saturated heterocycles. The van der Waals surface area contributed by atoms with E-state index in [1.165, 1.54) is 0 Å². The van der Waals surface area contributed by atoms with Crippen molar-refractivity contribution in [1.29, 1.82) is 0 Å². The van der Waals surface area contributed by atoms with Crippen molar-refractivity contribution in [2.45, 2.75) is 39.0 Å². The monoisotopic (exact) mass is 277 g/mol. The van der Waals surface area contributed by atoms with Crippen molar-refractivity contribution in [1.82, 2.24) is 14.3 Å². The van der Waals surface area contributed by atoms with E-state index in [0.717, 1.165) is 38.6 Å². The zero-order valence-corrected chi connectivity index (χ0v) is 12.4. The standard InChI is InChI=1S/C12H27N3O2S/c1-3-4-5-8-14-18(16,17)15-9-6-7-12(11-15)10-13-2/h12-14H,3-11H2,1-2H3. The van der Waals surface area contributed by atoms with Crippen LogP contribution in [0.5, 0.6) is 0 Å². The number of rotatable bonds is 8. The third-order valence-electron chi connectivity index (χ3n) is 3.38. The second-order valence-corrected chi connectivity index (χ2v) is 6.79. The minimum absolute atomic E-state index is 0.441. The summed E-state index contributed by atoms with van der Waals surface area (Å²) in [6.07, 6.45) is 5.18. The van der Waals surface area contributed by atoms with Crippen LogP contribution >= 0.6 is 0 Å². The van der Waals surface area contributed by atoms with Crippen molar-refractivity contribution in [2.75, 3.05) is 33.2 Å². The van der Waals surface area contributed by atoms with E-state index < -0.39 is 10.2 Å². The first kappa shape index (κ1) is 15.9. The van der Waals surface area contributed by atoms with Gasteiger partial charge >= 0.3 is 0 Å². The molecule has 0 bridgehead atoms. The predicted octanol–water partition coefficient (Wildman–Crippen LogP) is 0.942. The van der Waals surface area contributed by atoms with Crippen molar-refractivity contribution in [3.63, 3.8) is 0 Å². The molecule has 1 rings (SSSR count). The lowest BCUT2D eigenvalue weighted by Gasteiger charge is -2.31. The molecule has 0 radical (unpaired) electrons. The van der Waals surface area contributed by atoms with E-state index in [0.29, 0.717) is 25.6 Å². The fraction of sp³-hybridized carbons (Fsp3) is 1.00. The molecule has 0 aliphatic carbocycles. The summed E-state index contributed by atoms with van der Waals surface area (Å²) in [7, 11) is -1.35. The van der Waals surface area contributed by atoms with Crippen LogP contribution in [0, 0.1) is 5.92 Å². The molecule has 0 saturated carbocycles. The molecule has 1 aliphatic heterocycles. The lowest BCUT2D eigenvalue weighted by Crippen LogP contribution is -2.47. The molecule has 6 heteroatoms. The van der Waals surface area contributed by atoms with Crippen molar-refractivity contribution < 1.29 is 8.42 Å². The summed E-state index contributed by atoms with van der Waals surface area (Å²) in [6, 6.07) is 0.